The average molecular weight is 293 g/mol. The molecule has 1 aromatic carbocycles. The first-order chi connectivity index (χ1) is 10.0. The van der Waals surface area contributed by atoms with Gasteiger partial charge >= 0.3 is 0 Å². The SMILES string of the molecule is CCN[C@H](C)CNC(=O)CCOc1ccc(C(N)=O)cc1. The van der Waals surface area contributed by atoms with E-state index < -0.39 is 5.91 Å². The number of carbonyl (C=O) groups excluding carboxylic acids is 2. The van der Waals surface area contributed by atoms with Gasteiger partial charge in [0.25, 0.3) is 0 Å². The molecule has 0 aliphatic heterocycles. The molecule has 6 heteroatoms. The Kier molecular flexibility index (Phi) is 7.25. The molecule has 1 atom stereocenters. The summed E-state index contributed by atoms with van der Waals surface area (Å²) >= 11 is 0. The van der Waals surface area contributed by atoms with Gasteiger partial charge in [0.1, 0.15) is 5.75 Å². The highest BCUT2D eigenvalue weighted by Crippen LogP contribution is 2.11. The van der Waals surface area contributed by atoms with Gasteiger partial charge in [-0.05, 0) is 37.7 Å². The van der Waals surface area contributed by atoms with Crippen molar-refractivity contribution < 1.29 is 14.3 Å². The summed E-state index contributed by atoms with van der Waals surface area (Å²) in [5, 5.41) is 6.05. The molecule has 0 unspecified atom stereocenters. The number of hydrogen-bond donors (Lipinski definition) is 3. The van der Waals surface area contributed by atoms with Gasteiger partial charge in [-0.1, -0.05) is 6.92 Å². The summed E-state index contributed by atoms with van der Waals surface area (Å²) in [5.41, 5.74) is 5.57. The van der Waals surface area contributed by atoms with E-state index in [4.69, 9.17) is 10.5 Å². The number of amides is 2. The maximum absolute atomic E-state index is 11.6. The molecule has 0 radical (unpaired) electrons. The van der Waals surface area contributed by atoms with Crippen LogP contribution in [0.25, 0.3) is 0 Å². The molecule has 116 valence electrons. The normalized spacial score (nSPS) is 11.7. The lowest BCUT2D eigenvalue weighted by atomic mass is 10.2. The summed E-state index contributed by atoms with van der Waals surface area (Å²) in [6.07, 6.45) is 0.288. The molecular formula is C15H23N3O3. The van der Waals surface area contributed by atoms with Gasteiger partial charge in [-0.25, -0.2) is 0 Å². The standard InChI is InChI=1S/C15H23N3O3/c1-3-17-11(2)10-18-14(19)8-9-21-13-6-4-12(5-7-13)15(16)20/h4-7,11,17H,3,8-10H2,1-2H3,(H2,16,20)(H,18,19)/t11-/m1/s1. The van der Waals surface area contributed by atoms with Crippen LogP contribution in [0.4, 0.5) is 0 Å². The van der Waals surface area contributed by atoms with E-state index in [0.717, 1.165) is 6.54 Å². The number of rotatable bonds is 9. The smallest absolute Gasteiger partial charge is 0.248 e. The van der Waals surface area contributed by atoms with Crippen LogP contribution in [0.1, 0.15) is 30.6 Å². The van der Waals surface area contributed by atoms with Crippen LogP contribution in [0.5, 0.6) is 5.75 Å². The van der Waals surface area contributed by atoms with Gasteiger partial charge in [0.15, 0.2) is 0 Å². The number of primary amides is 1. The van der Waals surface area contributed by atoms with Gasteiger partial charge in [-0.15, -0.1) is 0 Å². The summed E-state index contributed by atoms with van der Waals surface area (Å²) in [6, 6.07) is 6.75. The number of carbonyl (C=O) groups is 2. The molecule has 0 saturated carbocycles. The van der Waals surface area contributed by atoms with Crippen LogP contribution in [0.15, 0.2) is 24.3 Å². The molecule has 4 N–H and O–H groups in total. The van der Waals surface area contributed by atoms with E-state index in [2.05, 4.69) is 10.6 Å². The van der Waals surface area contributed by atoms with Crippen molar-refractivity contribution in [1.29, 1.82) is 0 Å². The zero-order valence-corrected chi connectivity index (χ0v) is 12.5. The summed E-state index contributed by atoms with van der Waals surface area (Å²) in [5.74, 6) is 0.0815. The number of hydrogen-bond acceptors (Lipinski definition) is 4. The second-order valence-electron chi connectivity index (χ2n) is 4.75. The monoisotopic (exact) mass is 293 g/mol. The average Bonchev–Trinajstić information content (AvgIpc) is 2.46. The van der Waals surface area contributed by atoms with Crippen LogP contribution in [-0.2, 0) is 4.79 Å². The van der Waals surface area contributed by atoms with Crippen LogP contribution in [0.3, 0.4) is 0 Å². The first kappa shape index (κ1) is 17.0. The molecule has 0 fully saturated rings. The lowest BCUT2D eigenvalue weighted by Crippen LogP contribution is -2.39. The van der Waals surface area contributed by atoms with Crippen molar-refractivity contribution in [2.24, 2.45) is 5.73 Å². The minimum absolute atomic E-state index is 0.0477. The number of likely N-dealkylation sites (N-methyl/N-ethyl adjacent to an activating group) is 1. The maximum atomic E-state index is 11.6. The number of benzene rings is 1. The van der Waals surface area contributed by atoms with E-state index in [1.165, 1.54) is 0 Å². The van der Waals surface area contributed by atoms with Crippen LogP contribution in [0, 0.1) is 0 Å². The summed E-state index contributed by atoms with van der Waals surface area (Å²) < 4.78 is 5.44. The van der Waals surface area contributed by atoms with Crippen molar-refractivity contribution in [3.63, 3.8) is 0 Å². The molecule has 0 heterocycles. The van der Waals surface area contributed by atoms with Gasteiger partial charge in [0, 0.05) is 18.2 Å². The molecule has 0 saturated heterocycles. The fourth-order valence-corrected chi connectivity index (χ4v) is 1.75. The predicted molar refractivity (Wildman–Crippen MR) is 81.2 cm³/mol. The van der Waals surface area contributed by atoms with E-state index in [-0.39, 0.29) is 25.0 Å². The highest BCUT2D eigenvalue weighted by Gasteiger charge is 2.05. The number of nitrogens with two attached hydrogens (primary N) is 1. The lowest BCUT2D eigenvalue weighted by Gasteiger charge is -2.13. The van der Waals surface area contributed by atoms with Crippen LogP contribution >= 0.6 is 0 Å². The Morgan fingerprint density at radius 1 is 1.29 bits per heavy atom. The Bertz CT molecular complexity index is 460. The number of nitrogens with one attached hydrogen (secondary N) is 2. The molecule has 0 bridgehead atoms. The molecule has 2 amide bonds. The third-order valence-corrected chi connectivity index (χ3v) is 2.89. The molecule has 0 aliphatic rings. The van der Waals surface area contributed by atoms with Crippen molar-refractivity contribution in [2.45, 2.75) is 26.3 Å². The maximum Gasteiger partial charge on any atom is 0.248 e. The molecular weight excluding hydrogens is 270 g/mol. The molecule has 1 aromatic rings. The second-order valence-corrected chi connectivity index (χ2v) is 4.75. The Morgan fingerprint density at radius 2 is 1.95 bits per heavy atom. The Morgan fingerprint density at radius 3 is 2.52 bits per heavy atom. The largest absolute Gasteiger partial charge is 0.493 e. The van der Waals surface area contributed by atoms with E-state index in [9.17, 15) is 9.59 Å². The van der Waals surface area contributed by atoms with Gasteiger partial charge in [-0.3, -0.25) is 9.59 Å². The predicted octanol–water partition coefficient (Wildman–Crippen LogP) is 0.669. The minimum Gasteiger partial charge on any atom is -0.493 e. The fraction of sp³-hybridized carbons (Fsp3) is 0.467. The molecule has 0 aliphatic carbocycles. The Hall–Kier alpha value is -2.08. The van der Waals surface area contributed by atoms with Crippen molar-refractivity contribution >= 4 is 11.8 Å². The van der Waals surface area contributed by atoms with Gasteiger partial charge in [0.05, 0.1) is 13.0 Å². The quantitative estimate of drug-likeness (QED) is 0.624. The van der Waals surface area contributed by atoms with Crippen molar-refractivity contribution in [3.05, 3.63) is 29.8 Å². The van der Waals surface area contributed by atoms with Crippen molar-refractivity contribution in [1.82, 2.24) is 10.6 Å². The van der Waals surface area contributed by atoms with Crippen LogP contribution in [0.2, 0.25) is 0 Å². The second kappa shape index (κ2) is 8.97. The highest BCUT2D eigenvalue weighted by molar-refractivity contribution is 5.92. The van der Waals surface area contributed by atoms with Gasteiger partial charge in [0.2, 0.25) is 11.8 Å². The van der Waals surface area contributed by atoms with Crippen LogP contribution < -0.4 is 21.1 Å². The van der Waals surface area contributed by atoms with E-state index in [0.29, 0.717) is 17.9 Å². The van der Waals surface area contributed by atoms with E-state index in [1.807, 2.05) is 13.8 Å². The van der Waals surface area contributed by atoms with E-state index in [1.54, 1.807) is 24.3 Å². The topological polar surface area (TPSA) is 93.4 Å². The molecule has 0 spiro atoms. The molecule has 0 aromatic heterocycles. The zero-order chi connectivity index (χ0) is 15.7. The highest BCUT2D eigenvalue weighted by atomic mass is 16.5. The minimum atomic E-state index is -0.476. The first-order valence-electron chi connectivity index (χ1n) is 7.05. The summed E-state index contributed by atoms with van der Waals surface area (Å²) in [7, 11) is 0. The summed E-state index contributed by atoms with van der Waals surface area (Å²) in [4.78, 5) is 22.5. The van der Waals surface area contributed by atoms with Crippen molar-refractivity contribution in [3.8, 4) is 5.75 Å². The third-order valence-electron chi connectivity index (χ3n) is 2.89. The third kappa shape index (κ3) is 6.76. The summed E-state index contributed by atoms with van der Waals surface area (Å²) in [6.45, 7) is 5.80. The number of ether oxygens (including phenoxy) is 1. The Balaban J connectivity index is 2.23. The van der Waals surface area contributed by atoms with E-state index >= 15 is 0 Å². The van der Waals surface area contributed by atoms with Gasteiger partial charge < -0.3 is 21.1 Å². The molecule has 6 nitrogen and oxygen atoms in total. The van der Waals surface area contributed by atoms with Crippen molar-refractivity contribution in [2.75, 3.05) is 19.7 Å². The van der Waals surface area contributed by atoms with Crippen LogP contribution in [-0.4, -0.2) is 37.6 Å². The lowest BCUT2D eigenvalue weighted by molar-refractivity contribution is -0.121. The Labute approximate surface area is 125 Å². The fourth-order valence-electron chi connectivity index (χ4n) is 1.75. The van der Waals surface area contributed by atoms with Gasteiger partial charge in [-0.2, -0.15) is 0 Å². The first-order valence-corrected chi connectivity index (χ1v) is 7.05. The molecule has 21 heavy (non-hydrogen) atoms. The molecule has 1 rings (SSSR count). The zero-order valence-electron chi connectivity index (χ0n) is 12.5.